The number of ether oxygens (including phenoxy) is 1. The molecule has 164 valence electrons. The lowest BCUT2D eigenvalue weighted by atomic mass is 10.0. The van der Waals surface area contributed by atoms with Gasteiger partial charge in [0.25, 0.3) is 5.91 Å². The first-order valence-electron chi connectivity index (χ1n) is 9.54. The number of fused-ring (bicyclic) bond motifs is 1. The summed E-state index contributed by atoms with van der Waals surface area (Å²) in [5.74, 6) is -0.201. The van der Waals surface area contributed by atoms with Gasteiger partial charge in [-0.05, 0) is 48.4 Å². The zero-order chi connectivity index (χ0) is 23.0. The summed E-state index contributed by atoms with van der Waals surface area (Å²) < 4.78 is 44.6. The average molecular weight is 478 g/mol. The van der Waals surface area contributed by atoms with E-state index in [2.05, 4.69) is 5.32 Å². The maximum atomic E-state index is 12.9. The van der Waals surface area contributed by atoms with E-state index < -0.39 is 17.6 Å². The van der Waals surface area contributed by atoms with E-state index in [1.165, 1.54) is 12.1 Å². The third kappa shape index (κ3) is 4.61. The van der Waals surface area contributed by atoms with Crippen molar-refractivity contribution < 1.29 is 22.7 Å². The molecule has 0 aromatic heterocycles. The van der Waals surface area contributed by atoms with Gasteiger partial charge in [0.15, 0.2) is 5.75 Å². The van der Waals surface area contributed by atoms with Gasteiger partial charge in [0.1, 0.15) is 6.61 Å². The van der Waals surface area contributed by atoms with Crippen LogP contribution in [0.2, 0.25) is 10.0 Å². The molecule has 32 heavy (non-hydrogen) atoms. The number of halogens is 5. The Morgan fingerprint density at radius 1 is 1.00 bits per heavy atom. The third-order valence-electron chi connectivity index (χ3n) is 4.97. The van der Waals surface area contributed by atoms with Crippen LogP contribution in [-0.4, -0.2) is 5.91 Å². The number of hydrogen-bond donors (Lipinski definition) is 1. The number of anilines is 1. The van der Waals surface area contributed by atoms with E-state index in [1.807, 2.05) is 31.2 Å². The van der Waals surface area contributed by atoms with Gasteiger partial charge < -0.3 is 10.1 Å². The highest BCUT2D eigenvalue weighted by Gasteiger charge is 2.33. The van der Waals surface area contributed by atoms with Crippen molar-refractivity contribution in [2.24, 2.45) is 0 Å². The Morgan fingerprint density at radius 2 is 1.66 bits per heavy atom. The zero-order valence-corrected chi connectivity index (χ0v) is 18.2. The number of aryl methyl sites for hydroxylation is 1. The number of rotatable bonds is 4. The quantitative estimate of drug-likeness (QED) is 0.397. The largest absolute Gasteiger partial charge is 0.486 e. The summed E-state index contributed by atoms with van der Waals surface area (Å²) in [5, 5.41) is 2.97. The van der Waals surface area contributed by atoms with Crippen LogP contribution in [0.25, 0.3) is 11.6 Å². The van der Waals surface area contributed by atoms with E-state index in [4.69, 9.17) is 27.9 Å². The minimum absolute atomic E-state index is 0.103. The number of amides is 1. The molecule has 4 rings (SSSR count). The third-order valence-corrected chi connectivity index (χ3v) is 5.53. The number of hydrogen-bond acceptors (Lipinski definition) is 2. The highest BCUT2D eigenvalue weighted by atomic mass is 35.5. The lowest BCUT2D eigenvalue weighted by Gasteiger charge is -2.11. The SMILES string of the molecule is Cc1ccc(COc2c(Cl)cc(/C=C3\C(=O)Nc4cc(C(F)(F)F)ccc43)cc2Cl)cc1. The van der Waals surface area contributed by atoms with Crippen LogP contribution in [0.4, 0.5) is 18.9 Å². The minimum atomic E-state index is -4.50. The van der Waals surface area contributed by atoms with Crippen molar-refractivity contribution in [2.75, 3.05) is 5.32 Å². The van der Waals surface area contributed by atoms with Gasteiger partial charge in [-0.1, -0.05) is 59.1 Å². The molecule has 1 heterocycles. The van der Waals surface area contributed by atoms with Gasteiger partial charge in [-0.3, -0.25) is 4.79 Å². The van der Waals surface area contributed by atoms with E-state index in [0.717, 1.165) is 23.3 Å². The van der Waals surface area contributed by atoms with Gasteiger partial charge in [0.2, 0.25) is 0 Å². The summed E-state index contributed by atoms with van der Waals surface area (Å²) >= 11 is 12.7. The molecule has 0 fully saturated rings. The molecular formula is C24H16Cl2F3NO2. The van der Waals surface area contributed by atoms with Gasteiger partial charge in [0.05, 0.1) is 15.6 Å². The molecule has 0 saturated carbocycles. The van der Waals surface area contributed by atoms with Gasteiger partial charge in [-0.2, -0.15) is 13.2 Å². The molecule has 1 aliphatic rings. The van der Waals surface area contributed by atoms with Crippen LogP contribution in [0.3, 0.4) is 0 Å². The lowest BCUT2D eigenvalue weighted by molar-refractivity contribution is -0.137. The van der Waals surface area contributed by atoms with Crippen molar-refractivity contribution in [3.05, 3.63) is 92.5 Å². The predicted molar refractivity (Wildman–Crippen MR) is 120 cm³/mol. The summed E-state index contributed by atoms with van der Waals surface area (Å²) in [7, 11) is 0. The Labute approximate surface area is 192 Å². The molecule has 3 aromatic carbocycles. The van der Waals surface area contributed by atoms with E-state index >= 15 is 0 Å². The molecule has 0 unspecified atom stereocenters. The molecule has 1 amide bonds. The number of benzene rings is 3. The first-order chi connectivity index (χ1) is 15.1. The first-order valence-corrected chi connectivity index (χ1v) is 10.3. The molecule has 0 saturated heterocycles. The van der Waals surface area contributed by atoms with Crippen LogP contribution in [0.1, 0.15) is 27.8 Å². The highest BCUT2D eigenvalue weighted by molar-refractivity contribution is 6.38. The molecule has 3 aromatic rings. The molecule has 3 nitrogen and oxygen atoms in total. The molecule has 0 bridgehead atoms. The standard InChI is InChI=1S/C24H16Cl2F3NO2/c1-13-2-4-14(5-3-13)12-32-22-19(25)9-15(10-20(22)26)8-18-17-7-6-16(24(27,28)29)11-21(17)30-23(18)31/h2-11H,12H2,1H3,(H,30,31)/b18-8-. The molecule has 8 heteroatoms. The maximum Gasteiger partial charge on any atom is 0.416 e. The summed E-state index contributed by atoms with van der Waals surface area (Å²) in [6.45, 7) is 2.27. The van der Waals surface area contributed by atoms with E-state index in [9.17, 15) is 18.0 Å². The van der Waals surface area contributed by atoms with E-state index in [1.54, 1.807) is 12.1 Å². The van der Waals surface area contributed by atoms with Crippen molar-refractivity contribution in [3.63, 3.8) is 0 Å². The second-order valence-electron chi connectivity index (χ2n) is 7.36. The first kappa shape index (κ1) is 22.2. The molecule has 0 radical (unpaired) electrons. The number of carbonyl (C=O) groups excluding carboxylic acids is 1. The number of nitrogens with one attached hydrogen (secondary N) is 1. The monoisotopic (exact) mass is 477 g/mol. The normalized spacial score (nSPS) is 14.4. The van der Waals surface area contributed by atoms with Gasteiger partial charge >= 0.3 is 6.18 Å². The Bertz CT molecular complexity index is 1210. The van der Waals surface area contributed by atoms with Crippen LogP contribution < -0.4 is 10.1 Å². The topological polar surface area (TPSA) is 38.3 Å². The van der Waals surface area contributed by atoms with Crippen molar-refractivity contribution in [1.29, 1.82) is 0 Å². The fourth-order valence-electron chi connectivity index (χ4n) is 3.32. The van der Waals surface area contributed by atoms with Crippen LogP contribution in [0.5, 0.6) is 5.75 Å². The van der Waals surface area contributed by atoms with E-state index in [0.29, 0.717) is 16.9 Å². The molecule has 0 aliphatic carbocycles. The van der Waals surface area contributed by atoms with Gasteiger partial charge in [0, 0.05) is 16.8 Å². The average Bonchev–Trinajstić information content (AvgIpc) is 3.02. The minimum Gasteiger partial charge on any atom is -0.486 e. The van der Waals surface area contributed by atoms with Gasteiger partial charge in [-0.25, -0.2) is 0 Å². The highest BCUT2D eigenvalue weighted by Crippen LogP contribution is 2.40. The van der Waals surface area contributed by atoms with Crippen molar-refractivity contribution >= 4 is 46.4 Å². The summed E-state index contributed by atoms with van der Waals surface area (Å²) in [6.07, 6.45) is -2.97. The Hall–Kier alpha value is -2.96. The van der Waals surface area contributed by atoms with Crippen LogP contribution in [0, 0.1) is 6.92 Å². The number of carbonyl (C=O) groups is 1. The Balaban J connectivity index is 1.60. The fourth-order valence-corrected chi connectivity index (χ4v) is 3.93. The Morgan fingerprint density at radius 3 is 2.28 bits per heavy atom. The molecule has 0 spiro atoms. The van der Waals surface area contributed by atoms with Crippen molar-refractivity contribution in [3.8, 4) is 5.75 Å². The van der Waals surface area contributed by atoms with Crippen molar-refractivity contribution in [2.45, 2.75) is 19.7 Å². The molecule has 1 N–H and O–H groups in total. The van der Waals surface area contributed by atoms with Crippen LogP contribution in [-0.2, 0) is 17.6 Å². The fraction of sp³-hybridized carbons (Fsp3) is 0.125. The smallest absolute Gasteiger partial charge is 0.416 e. The zero-order valence-electron chi connectivity index (χ0n) is 16.7. The van der Waals surface area contributed by atoms with Crippen LogP contribution in [0.15, 0.2) is 54.6 Å². The Kier molecular flexibility index (Phi) is 5.93. The van der Waals surface area contributed by atoms with E-state index in [-0.39, 0.29) is 27.9 Å². The van der Waals surface area contributed by atoms with Crippen molar-refractivity contribution in [1.82, 2.24) is 0 Å². The molecule has 1 aliphatic heterocycles. The predicted octanol–water partition coefficient (Wildman–Crippen LogP) is 7.39. The van der Waals surface area contributed by atoms with Crippen LogP contribution >= 0.6 is 23.2 Å². The number of alkyl halides is 3. The second kappa shape index (κ2) is 8.52. The van der Waals surface area contributed by atoms with Gasteiger partial charge in [-0.15, -0.1) is 0 Å². The second-order valence-corrected chi connectivity index (χ2v) is 8.17. The maximum absolute atomic E-state index is 12.9. The summed E-state index contributed by atoms with van der Waals surface area (Å²) in [5.41, 5.74) is 2.45. The molecular weight excluding hydrogens is 462 g/mol. The summed E-state index contributed by atoms with van der Waals surface area (Å²) in [6, 6.07) is 14.1. The lowest BCUT2D eigenvalue weighted by Crippen LogP contribution is -2.06. The summed E-state index contributed by atoms with van der Waals surface area (Å²) in [4.78, 5) is 12.4. The molecule has 0 atom stereocenters.